The second-order valence-electron chi connectivity index (χ2n) is 9.09. The largest absolute Gasteiger partial charge is 0.387 e. The Hall–Kier alpha value is -4.11. The van der Waals surface area contributed by atoms with Crippen LogP contribution in [0.2, 0.25) is 0 Å². The second-order valence-corrected chi connectivity index (χ2v) is 9.09. The number of aliphatic hydroxyl groups is 1. The SMILES string of the molecule is Cc1cccc(NC(=O)[C@@H]2CCCN2C(=O)Cn2nc(C(C)O)c3cc(-c4cccnc4)ccc32)n1. The van der Waals surface area contributed by atoms with Crippen LogP contribution in [0.5, 0.6) is 0 Å². The molecule has 4 aromatic rings. The number of benzene rings is 1. The van der Waals surface area contributed by atoms with E-state index < -0.39 is 12.1 Å². The molecular formula is C27H28N6O3. The number of hydrogen-bond donors (Lipinski definition) is 2. The van der Waals surface area contributed by atoms with Crippen molar-refractivity contribution in [2.45, 2.75) is 45.4 Å². The molecule has 0 bridgehead atoms. The number of aryl methyl sites for hydroxylation is 1. The first kappa shape index (κ1) is 23.6. The maximum atomic E-state index is 13.3. The third-order valence-corrected chi connectivity index (χ3v) is 6.47. The number of fused-ring (bicyclic) bond motifs is 1. The third-order valence-electron chi connectivity index (χ3n) is 6.47. The molecule has 1 aliphatic heterocycles. The molecule has 9 nitrogen and oxygen atoms in total. The number of nitrogens with one attached hydrogen (secondary N) is 1. The Balaban J connectivity index is 1.38. The number of rotatable bonds is 6. The van der Waals surface area contributed by atoms with Crippen molar-refractivity contribution >= 4 is 28.5 Å². The van der Waals surface area contributed by atoms with Crippen LogP contribution in [0.1, 0.15) is 37.3 Å². The highest BCUT2D eigenvalue weighted by Gasteiger charge is 2.34. The van der Waals surface area contributed by atoms with Gasteiger partial charge < -0.3 is 15.3 Å². The van der Waals surface area contributed by atoms with Gasteiger partial charge in [0.1, 0.15) is 18.4 Å². The summed E-state index contributed by atoms with van der Waals surface area (Å²) in [6, 6.07) is 14.5. The van der Waals surface area contributed by atoms with Crippen LogP contribution in [0, 0.1) is 6.92 Å². The van der Waals surface area contributed by atoms with Crippen LogP contribution in [0.4, 0.5) is 5.82 Å². The van der Waals surface area contributed by atoms with Crippen LogP contribution in [0.25, 0.3) is 22.0 Å². The molecule has 2 amide bonds. The normalized spacial score (nSPS) is 16.3. The summed E-state index contributed by atoms with van der Waals surface area (Å²) in [6.45, 7) is 4.00. The lowest BCUT2D eigenvalue weighted by Gasteiger charge is -2.24. The van der Waals surface area contributed by atoms with Gasteiger partial charge in [-0.2, -0.15) is 5.10 Å². The highest BCUT2D eigenvalue weighted by molar-refractivity contribution is 5.97. The van der Waals surface area contributed by atoms with Crippen molar-refractivity contribution in [1.82, 2.24) is 24.6 Å². The van der Waals surface area contributed by atoms with Gasteiger partial charge in [0.25, 0.3) is 0 Å². The fraction of sp³-hybridized carbons (Fsp3) is 0.296. The van der Waals surface area contributed by atoms with Crippen molar-refractivity contribution in [3.63, 3.8) is 0 Å². The first-order valence-corrected chi connectivity index (χ1v) is 12.0. The van der Waals surface area contributed by atoms with E-state index in [9.17, 15) is 14.7 Å². The minimum atomic E-state index is -0.805. The van der Waals surface area contributed by atoms with Crippen molar-refractivity contribution in [3.8, 4) is 11.1 Å². The Morgan fingerprint density at radius 1 is 1.17 bits per heavy atom. The van der Waals surface area contributed by atoms with Gasteiger partial charge in [0.05, 0.1) is 17.3 Å². The van der Waals surface area contributed by atoms with Crippen molar-refractivity contribution in [1.29, 1.82) is 0 Å². The molecule has 36 heavy (non-hydrogen) atoms. The van der Waals surface area contributed by atoms with E-state index in [2.05, 4.69) is 20.4 Å². The summed E-state index contributed by atoms with van der Waals surface area (Å²) in [4.78, 5) is 36.4. The van der Waals surface area contributed by atoms with Crippen LogP contribution in [-0.2, 0) is 16.1 Å². The van der Waals surface area contributed by atoms with Crippen molar-refractivity contribution in [3.05, 3.63) is 72.3 Å². The quantitative estimate of drug-likeness (QED) is 0.433. The molecule has 5 rings (SSSR count). The van der Waals surface area contributed by atoms with Gasteiger partial charge in [-0.3, -0.25) is 19.3 Å². The summed E-state index contributed by atoms with van der Waals surface area (Å²) in [6.07, 6.45) is 4.03. The predicted molar refractivity (Wildman–Crippen MR) is 136 cm³/mol. The Labute approximate surface area is 208 Å². The maximum absolute atomic E-state index is 13.3. The van der Waals surface area contributed by atoms with Gasteiger partial charge in [0.15, 0.2) is 0 Å². The van der Waals surface area contributed by atoms with E-state index in [-0.39, 0.29) is 18.4 Å². The molecule has 1 saturated heterocycles. The third kappa shape index (κ3) is 4.70. The molecule has 4 heterocycles. The zero-order chi connectivity index (χ0) is 25.2. The van der Waals surface area contributed by atoms with Crippen LogP contribution >= 0.6 is 0 Å². The number of amides is 2. The zero-order valence-electron chi connectivity index (χ0n) is 20.3. The summed E-state index contributed by atoms with van der Waals surface area (Å²) < 4.78 is 1.61. The standard InChI is InChI=1S/C27H28N6O3/c1-17-6-3-9-24(29-17)30-27(36)23-8-5-13-32(23)25(35)16-33-22-11-10-19(20-7-4-12-28-15-20)14-21(22)26(31-33)18(2)34/h3-4,6-7,9-12,14-15,18,23,34H,5,8,13,16H2,1-2H3,(H,29,30,36)/t18?,23-/m0/s1. The highest BCUT2D eigenvalue weighted by Crippen LogP contribution is 2.29. The van der Waals surface area contributed by atoms with E-state index in [1.165, 1.54) is 0 Å². The first-order valence-electron chi connectivity index (χ1n) is 12.0. The average Bonchev–Trinajstić information content (AvgIpc) is 3.50. The van der Waals surface area contributed by atoms with Crippen LogP contribution in [-0.4, -0.2) is 54.2 Å². The lowest BCUT2D eigenvalue weighted by Crippen LogP contribution is -2.44. The molecule has 0 saturated carbocycles. The van der Waals surface area contributed by atoms with E-state index in [0.29, 0.717) is 24.5 Å². The molecule has 184 valence electrons. The van der Waals surface area contributed by atoms with Crippen molar-refractivity contribution in [2.75, 3.05) is 11.9 Å². The van der Waals surface area contributed by atoms with Gasteiger partial charge in [0.2, 0.25) is 11.8 Å². The van der Waals surface area contributed by atoms with E-state index in [1.54, 1.807) is 35.0 Å². The summed E-state index contributed by atoms with van der Waals surface area (Å²) in [7, 11) is 0. The number of pyridine rings is 2. The lowest BCUT2D eigenvalue weighted by atomic mass is 10.0. The molecule has 0 spiro atoms. The molecule has 1 fully saturated rings. The number of hydrogen-bond acceptors (Lipinski definition) is 6. The first-order chi connectivity index (χ1) is 17.4. The van der Waals surface area contributed by atoms with Gasteiger partial charge in [-0.1, -0.05) is 18.2 Å². The van der Waals surface area contributed by atoms with Crippen molar-refractivity contribution < 1.29 is 14.7 Å². The molecule has 0 aliphatic carbocycles. The van der Waals surface area contributed by atoms with E-state index >= 15 is 0 Å². The maximum Gasteiger partial charge on any atom is 0.248 e. The Morgan fingerprint density at radius 3 is 2.78 bits per heavy atom. The van der Waals surface area contributed by atoms with Crippen LogP contribution < -0.4 is 5.32 Å². The fourth-order valence-corrected chi connectivity index (χ4v) is 4.73. The number of nitrogens with zero attached hydrogens (tertiary/aromatic N) is 5. The number of carbonyl (C=O) groups excluding carboxylic acids is 2. The number of likely N-dealkylation sites (tertiary alicyclic amines) is 1. The molecular weight excluding hydrogens is 456 g/mol. The lowest BCUT2D eigenvalue weighted by molar-refractivity contribution is -0.137. The Morgan fingerprint density at radius 2 is 2.03 bits per heavy atom. The summed E-state index contributed by atoms with van der Waals surface area (Å²) >= 11 is 0. The summed E-state index contributed by atoms with van der Waals surface area (Å²) in [5.41, 5.74) is 3.96. The predicted octanol–water partition coefficient (Wildman–Crippen LogP) is 3.48. The van der Waals surface area contributed by atoms with Gasteiger partial charge in [-0.15, -0.1) is 0 Å². The van der Waals surface area contributed by atoms with E-state index in [1.807, 2.05) is 49.4 Å². The van der Waals surface area contributed by atoms with Gasteiger partial charge >= 0.3 is 0 Å². The second kappa shape index (κ2) is 9.87. The molecule has 2 atom stereocenters. The number of carbonyl (C=O) groups is 2. The topological polar surface area (TPSA) is 113 Å². The van der Waals surface area contributed by atoms with Crippen LogP contribution in [0.15, 0.2) is 60.9 Å². The number of aromatic nitrogens is 4. The molecule has 3 aromatic heterocycles. The number of anilines is 1. The van der Waals surface area contributed by atoms with Crippen LogP contribution in [0.3, 0.4) is 0 Å². The van der Waals surface area contributed by atoms with E-state index in [4.69, 9.17) is 0 Å². The molecule has 9 heteroatoms. The zero-order valence-corrected chi connectivity index (χ0v) is 20.3. The Kier molecular flexibility index (Phi) is 6.47. The summed E-state index contributed by atoms with van der Waals surface area (Å²) in [5.74, 6) is 0.0427. The highest BCUT2D eigenvalue weighted by atomic mass is 16.3. The average molecular weight is 485 g/mol. The fourth-order valence-electron chi connectivity index (χ4n) is 4.73. The summed E-state index contributed by atoms with van der Waals surface area (Å²) in [5, 5.41) is 18.6. The molecule has 0 radical (unpaired) electrons. The van der Waals surface area contributed by atoms with Crippen molar-refractivity contribution in [2.24, 2.45) is 0 Å². The van der Waals surface area contributed by atoms with Gasteiger partial charge in [-0.05, 0) is 62.6 Å². The van der Waals surface area contributed by atoms with E-state index in [0.717, 1.165) is 34.1 Å². The molecule has 1 unspecified atom stereocenters. The van der Waals surface area contributed by atoms with Gasteiger partial charge in [0, 0.05) is 35.6 Å². The minimum absolute atomic E-state index is 0.0259. The monoisotopic (exact) mass is 484 g/mol. The minimum Gasteiger partial charge on any atom is -0.387 e. The molecule has 2 N–H and O–H groups in total. The Bertz CT molecular complexity index is 1420. The van der Waals surface area contributed by atoms with Gasteiger partial charge in [-0.25, -0.2) is 4.98 Å². The molecule has 1 aromatic carbocycles. The molecule has 1 aliphatic rings. The number of aliphatic hydroxyl groups excluding tert-OH is 1. The smallest absolute Gasteiger partial charge is 0.248 e.